The normalized spacial score (nSPS) is 22.4. The summed E-state index contributed by atoms with van der Waals surface area (Å²) in [5.74, 6) is 2.01. The van der Waals surface area contributed by atoms with Gasteiger partial charge in [-0.3, -0.25) is 9.89 Å². The molecule has 0 spiro atoms. The fourth-order valence-electron chi connectivity index (χ4n) is 3.45. The molecule has 7 heteroatoms. The Labute approximate surface area is 181 Å². The second-order valence-electron chi connectivity index (χ2n) is 7.32. The molecule has 1 aliphatic rings. The molecule has 156 valence electrons. The molecule has 2 heterocycles. The summed E-state index contributed by atoms with van der Waals surface area (Å²) in [5.41, 5.74) is 0. The number of nitrogens with zero attached hydrogens (tertiary/aromatic N) is 3. The topological polar surface area (TPSA) is 53.2 Å². The van der Waals surface area contributed by atoms with Gasteiger partial charge in [-0.25, -0.2) is 0 Å². The highest BCUT2D eigenvalue weighted by Gasteiger charge is 2.30. The Balaban J connectivity index is 0.00000364. The molecule has 1 N–H and O–H groups in total. The van der Waals surface area contributed by atoms with E-state index in [1.54, 1.807) is 13.4 Å². The lowest BCUT2D eigenvalue weighted by atomic mass is 10.1. The van der Waals surface area contributed by atoms with Crippen LogP contribution in [0.1, 0.15) is 39.9 Å². The number of guanidine groups is 1. The fourth-order valence-corrected chi connectivity index (χ4v) is 3.45. The number of piperazine rings is 1. The zero-order chi connectivity index (χ0) is 18.9. The third-order valence-corrected chi connectivity index (χ3v) is 5.14. The zero-order valence-corrected chi connectivity index (χ0v) is 19.8. The molecule has 27 heavy (non-hydrogen) atoms. The molecule has 0 aromatic carbocycles. The summed E-state index contributed by atoms with van der Waals surface area (Å²) in [6, 6.07) is 5.30. The third-order valence-electron chi connectivity index (χ3n) is 5.14. The minimum absolute atomic E-state index is 0. The Morgan fingerprint density at radius 2 is 2.07 bits per heavy atom. The lowest BCUT2D eigenvalue weighted by Gasteiger charge is -2.45. The molecule has 3 unspecified atom stereocenters. The van der Waals surface area contributed by atoms with Crippen molar-refractivity contribution in [3.05, 3.63) is 24.2 Å². The highest BCUT2D eigenvalue weighted by Crippen LogP contribution is 2.16. The maximum Gasteiger partial charge on any atom is 0.194 e. The largest absolute Gasteiger partial charge is 0.469 e. The van der Waals surface area contributed by atoms with Gasteiger partial charge in [-0.05, 0) is 39.3 Å². The SMILES string of the molecule is CCC(C)NC(=NCCc1ccco1)N1CC(C)N(CCOC)C(C)C1.I. The molecule has 1 aromatic heterocycles. The molecule has 2 rings (SSSR count). The minimum Gasteiger partial charge on any atom is -0.469 e. The summed E-state index contributed by atoms with van der Waals surface area (Å²) >= 11 is 0. The molecule has 0 bridgehead atoms. The summed E-state index contributed by atoms with van der Waals surface area (Å²) in [4.78, 5) is 9.84. The molecule has 0 radical (unpaired) electrons. The van der Waals surface area contributed by atoms with Gasteiger partial charge < -0.3 is 19.4 Å². The first-order chi connectivity index (χ1) is 12.5. The van der Waals surface area contributed by atoms with Gasteiger partial charge in [0.15, 0.2) is 5.96 Å². The number of methoxy groups -OCH3 is 1. The lowest BCUT2D eigenvalue weighted by Crippen LogP contribution is -2.61. The monoisotopic (exact) mass is 492 g/mol. The first-order valence-corrected chi connectivity index (χ1v) is 9.88. The molecule has 1 saturated heterocycles. The number of hydrogen-bond donors (Lipinski definition) is 1. The van der Waals surface area contributed by atoms with Crippen LogP contribution in [0.3, 0.4) is 0 Å². The number of rotatable bonds is 8. The van der Waals surface area contributed by atoms with Crippen molar-refractivity contribution in [1.82, 2.24) is 15.1 Å². The van der Waals surface area contributed by atoms with E-state index >= 15 is 0 Å². The minimum atomic E-state index is 0. The van der Waals surface area contributed by atoms with Gasteiger partial charge >= 0.3 is 0 Å². The number of furan rings is 1. The van der Waals surface area contributed by atoms with Crippen molar-refractivity contribution in [1.29, 1.82) is 0 Å². The second kappa shape index (κ2) is 12.6. The van der Waals surface area contributed by atoms with Gasteiger partial charge in [0.25, 0.3) is 0 Å². The van der Waals surface area contributed by atoms with Crippen LogP contribution in [0, 0.1) is 0 Å². The average Bonchev–Trinajstić information content (AvgIpc) is 3.13. The van der Waals surface area contributed by atoms with Crippen LogP contribution in [0.25, 0.3) is 0 Å². The summed E-state index contributed by atoms with van der Waals surface area (Å²) in [7, 11) is 1.77. The summed E-state index contributed by atoms with van der Waals surface area (Å²) in [6.07, 6.45) is 3.63. The van der Waals surface area contributed by atoms with Crippen LogP contribution in [-0.4, -0.2) is 73.8 Å². The van der Waals surface area contributed by atoms with E-state index in [-0.39, 0.29) is 24.0 Å². The molecular formula is C20H37IN4O2. The van der Waals surface area contributed by atoms with Crippen molar-refractivity contribution in [2.45, 2.75) is 58.7 Å². The first kappa shape index (κ1) is 24.2. The van der Waals surface area contributed by atoms with Crippen LogP contribution in [0.2, 0.25) is 0 Å². The van der Waals surface area contributed by atoms with Gasteiger partial charge in [-0.2, -0.15) is 0 Å². The van der Waals surface area contributed by atoms with E-state index < -0.39 is 0 Å². The van der Waals surface area contributed by atoms with E-state index in [1.807, 2.05) is 12.1 Å². The van der Waals surface area contributed by atoms with Crippen molar-refractivity contribution >= 4 is 29.9 Å². The van der Waals surface area contributed by atoms with Crippen LogP contribution < -0.4 is 5.32 Å². The Kier molecular flexibility index (Phi) is 11.3. The van der Waals surface area contributed by atoms with E-state index in [1.165, 1.54) is 0 Å². The van der Waals surface area contributed by atoms with Crippen LogP contribution in [0.15, 0.2) is 27.8 Å². The molecule has 0 amide bonds. The average molecular weight is 492 g/mol. The predicted molar refractivity (Wildman–Crippen MR) is 122 cm³/mol. The van der Waals surface area contributed by atoms with E-state index in [0.717, 1.165) is 57.3 Å². The fraction of sp³-hybridized carbons (Fsp3) is 0.750. The van der Waals surface area contributed by atoms with E-state index in [9.17, 15) is 0 Å². The Morgan fingerprint density at radius 3 is 2.63 bits per heavy atom. The molecule has 1 aromatic rings. The van der Waals surface area contributed by atoms with Crippen LogP contribution in [0.4, 0.5) is 0 Å². The van der Waals surface area contributed by atoms with Gasteiger partial charge in [0, 0.05) is 57.8 Å². The molecule has 0 saturated carbocycles. The van der Waals surface area contributed by atoms with Crippen molar-refractivity contribution in [3.63, 3.8) is 0 Å². The molecule has 1 fully saturated rings. The summed E-state index contributed by atoms with van der Waals surface area (Å²) in [5, 5.41) is 3.62. The number of aliphatic imine (C=N–C) groups is 1. The number of ether oxygens (including phenoxy) is 1. The quantitative estimate of drug-likeness (QED) is 0.343. The maximum atomic E-state index is 5.43. The number of hydrogen-bond acceptors (Lipinski definition) is 4. The summed E-state index contributed by atoms with van der Waals surface area (Å²) < 4.78 is 10.7. The van der Waals surface area contributed by atoms with Crippen molar-refractivity contribution in [3.8, 4) is 0 Å². The van der Waals surface area contributed by atoms with Gasteiger partial charge in [0.05, 0.1) is 12.9 Å². The molecule has 3 atom stereocenters. The molecular weight excluding hydrogens is 455 g/mol. The lowest BCUT2D eigenvalue weighted by molar-refractivity contribution is 0.0441. The Bertz CT molecular complexity index is 526. The predicted octanol–water partition coefficient (Wildman–Crippen LogP) is 3.23. The molecule has 1 aliphatic heterocycles. The summed E-state index contributed by atoms with van der Waals surface area (Å²) in [6.45, 7) is 13.5. The van der Waals surface area contributed by atoms with Crippen molar-refractivity contribution in [2.75, 3.05) is 39.9 Å². The van der Waals surface area contributed by atoms with Gasteiger partial charge in [-0.1, -0.05) is 6.92 Å². The second-order valence-corrected chi connectivity index (χ2v) is 7.32. The smallest absolute Gasteiger partial charge is 0.194 e. The van der Waals surface area contributed by atoms with Crippen molar-refractivity contribution < 1.29 is 9.15 Å². The van der Waals surface area contributed by atoms with E-state index in [0.29, 0.717) is 18.1 Å². The van der Waals surface area contributed by atoms with Crippen LogP contribution >= 0.6 is 24.0 Å². The van der Waals surface area contributed by atoms with Gasteiger partial charge in [0.2, 0.25) is 0 Å². The number of nitrogens with one attached hydrogen (secondary N) is 1. The standard InChI is InChI=1S/C20H36N4O2.HI/c1-6-16(2)22-20(21-10-9-19-8-7-12-26-19)23-14-17(3)24(11-13-25-5)18(4)15-23;/h7-8,12,16-18H,6,9-11,13-15H2,1-5H3,(H,21,22);1H. The van der Waals surface area contributed by atoms with Crippen LogP contribution in [0.5, 0.6) is 0 Å². The highest BCUT2D eigenvalue weighted by atomic mass is 127. The Hall–Kier alpha value is -0.800. The van der Waals surface area contributed by atoms with E-state index in [4.69, 9.17) is 14.1 Å². The maximum absolute atomic E-state index is 5.43. The number of halogens is 1. The van der Waals surface area contributed by atoms with Gasteiger partial charge in [-0.15, -0.1) is 24.0 Å². The molecule has 0 aliphatic carbocycles. The van der Waals surface area contributed by atoms with Crippen molar-refractivity contribution in [2.24, 2.45) is 4.99 Å². The third kappa shape index (κ3) is 7.62. The van der Waals surface area contributed by atoms with Gasteiger partial charge in [0.1, 0.15) is 5.76 Å². The Morgan fingerprint density at radius 1 is 1.37 bits per heavy atom. The highest BCUT2D eigenvalue weighted by molar-refractivity contribution is 14.0. The first-order valence-electron chi connectivity index (χ1n) is 9.88. The molecule has 6 nitrogen and oxygen atoms in total. The van der Waals surface area contributed by atoms with Crippen LogP contribution in [-0.2, 0) is 11.2 Å². The van der Waals surface area contributed by atoms with E-state index in [2.05, 4.69) is 42.8 Å². The zero-order valence-electron chi connectivity index (χ0n) is 17.5.